The molecule has 2 N–H and O–H groups in total. The molecule has 1 aliphatic carbocycles. The zero-order valence-electron chi connectivity index (χ0n) is 18.1. The highest BCUT2D eigenvalue weighted by molar-refractivity contribution is 7.89. The van der Waals surface area contributed by atoms with E-state index in [1.165, 1.54) is 16.8 Å². The first-order valence-electron chi connectivity index (χ1n) is 10.7. The van der Waals surface area contributed by atoms with Crippen LogP contribution in [0.15, 0.2) is 41.3 Å². The Hall–Kier alpha value is -2.71. The number of carbonyl (C=O) groups is 1. The van der Waals surface area contributed by atoms with Gasteiger partial charge in [0.15, 0.2) is 0 Å². The maximum absolute atomic E-state index is 13.0. The summed E-state index contributed by atoms with van der Waals surface area (Å²) in [6.45, 7) is 6.14. The average molecular weight is 441 g/mol. The molecule has 1 amide bonds. The van der Waals surface area contributed by atoms with Gasteiger partial charge in [-0.05, 0) is 55.7 Å². The summed E-state index contributed by atoms with van der Waals surface area (Å²) < 4.78 is 27.1. The van der Waals surface area contributed by atoms with E-state index in [4.69, 9.17) is 0 Å². The number of nitrogens with one attached hydrogen (secondary N) is 2. The first kappa shape index (κ1) is 21.5. The standard InChI is InChI=1S/C23H28N4O3S/c1-4-27(5-2)31(29,30)18-11-9-15(3)19(14-18)23(28)24-17-10-12-20-21(13-17)26-22(25-20)16-7-6-8-16/h9-14,16H,4-8H2,1-3H3,(H,24,28)(H,25,26). The van der Waals surface area contributed by atoms with E-state index in [1.54, 1.807) is 32.9 Å². The van der Waals surface area contributed by atoms with Crippen molar-refractivity contribution in [3.8, 4) is 0 Å². The van der Waals surface area contributed by atoms with Gasteiger partial charge in [0.2, 0.25) is 10.0 Å². The van der Waals surface area contributed by atoms with E-state index in [0.29, 0.717) is 35.8 Å². The van der Waals surface area contributed by atoms with E-state index in [2.05, 4.69) is 15.3 Å². The largest absolute Gasteiger partial charge is 0.342 e. The molecule has 164 valence electrons. The first-order chi connectivity index (χ1) is 14.8. The van der Waals surface area contributed by atoms with Gasteiger partial charge in [-0.25, -0.2) is 13.4 Å². The number of carbonyl (C=O) groups excluding carboxylic acids is 1. The fourth-order valence-corrected chi connectivity index (χ4v) is 5.38. The monoisotopic (exact) mass is 440 g/mol. The number of sulfonamides is 1. The third-order valence-electron chi connectivity index (χ3n) is 6.05. The molecule has 0 spiro atoms. The SMILES string of the molecule is CCN(CC)S(=O)(=O)c1ccc(C)c(C(=O)Nc2ccc3nc(C4CCC4)[nH]c3c2)c1. The lowest BCUT2D eigenvalue weighted by Crippen LogP contribution is -2.30. The fraction of sp³-hybridized carbons (Fsp3) is 0.391. The maximum Gasteiger partial charge on any atom is 0.255 e. The van der Waals surface area contributed by atoms with Crippen LogP contribution in [0.25, 0.3) is 11.0 Å². The fourth-order valence-electron chi connectivity index (χ4n) is 3.90. The Morgan fingerprint density at radius 2 is 1.90 bits per heavy atom. The molecule has 1 aromatic heterocycles. The molecule has 0 unspecified atom stereocenters. The Kier molecular flexibility index (Phi) is 5.85. The molecule has 1 fully saturated rings. The lowest BCUT2D eigenvalue weighted by atomic mass is 9.85. The van der Waals surface area contributed by atoms with Crippen molar-refractivity contribution in [2.24, 2.45) is 0 Å². The number of hydrogen-bond donors (Lipinski definition) is 2. The number of amides is 1. The number of rotatable bonds is 7. The summed E-state index contributed by atoms with van der Waals surface area (Å²) in [7, 11) is -3.64. The molecular weight excluding hydrogens is 412 g/mol. The Morgan fingerprint density at radius 1 is 1.16 bits per heavy atom. The van der Waals surface area contributed by atoms with Crippen molar-refractivity contribution in [3.63, 3.8) is 0 Å². The normalized spacial score (nSPS) is 14.7. The average Bonchev–Trinajstić information content (AvgIpc) is 3.09. The summed E-state index contributed by atoms with van der Waals surface area (Å²) in [5.41, 5.74) is 3.45. The zero-order valence-corrected chi connectivity index (χ0v) is 18.9. The van der Waals surface area contributed by atoms with Gasteiger partial charge in [-0.2, -0.15) is 4.31 Å². The highest BCUT2D eigenvalue weighted by atomic mass is 32.2. The van der Waals surface area contributed by atoms with E-state index in [1.807, 2.05) is 18.2 Å². The minimum absolute atomic E-state index is 0.126. The van der Waals surface area contributed by atoms with Gasteiger partial charge < -0.3 is 10.3 Å². The first-order valence-corrected chi connectivity index (χ1v) is 12.2. The summed E-state index contributed by atoms with van der Waals surface area (Å²) in [6.07, 6.45) is 3.57. The van der Waals surface area contributed by atoms with Crippen molar-refractivity contribution in [2.75, 3.05) is 18.4 Å². The number of H-pyrrole nitrogens is 1. The molecule has 7 nitrogen and oxygen atoms in total. The van der Waals surface area contributed by atoms with Crippen LogP contribution in [0.4, 0.5) is 5.69 Å². The molecule has 0 atom stereocenters. The molecule has 1 saturated carbocycles. The summed E-state index contributed by atoms with van der Waals surface area (Å²) in [4.78, 5) is 21.1. The van der Waals surface area contributed by atoms with Crippen LogP contribution in [-0.4, -0.2) is 41.7 Å². The Balaban J connectivity index is 1.59. The number of nitrogens with zero attached hydrogens (tertiary/aromatic N) is 2. The molecule has 0 saturated heterocycles. The highest BCUT2D eigenvalue weighted by Gasteiger charge is 2.24. The Bertz CT molecular complexity index is 1220. The van der Waals surface area contributed by atoms with Crippen LogP contribution in [0, 0.1) is 6.92 Å². The lowest BCUT2D eigenvalue weighted by Gasteiger charge is -2.22. The summed E-state index contributed by atoms with van der Waals surface area (Å²) in [5, 5.41) is 2.90. The van der Waals surface area contributed by atoms with Gasteiger partial charge in [0.1, 0.15) is 5.82 Å². The molecule has 31 heavy (non-hydrogen) atoms. The molecule has 0 bridgehead atoms. The van der Waals surface area contributed by atoms with Crippen molar-refractivity contribution in [1.29, 1.82) is 0 Å². The number of anilines is 1. The van der Waals surface area contributed by atoms with Gasteiger partial charge in [0.05, 0.1) is 15.9 Å². The van der Waals surface area contributed by atoms with Crippen molar-refractivity contribution in [3.05, 3.63) is 53.3 Å². The van der Waals surface area contributed by atoms with Gasteiger partial charge in [-0.15, -0.1) is 0 Å². The van der Waals surface area contributed by atoms with Gasteiger partial charge in [0.25, 0.3) is 5.91 Å². The summed E-state index contributed by atoms with van der Waals surface area (Å²) >= 11 is 0. The van der Waals surface area contributed by atoms with Crippen LogP contribution in [0.3, 0.4) is 0 Å². The number of aromatic nitrogens is 2. The van der Waals surface area contributed by atoms with Crippen LogP contribution >= 0.6 is 0 Å². The van der Waals surface area contributed by atoms with Crippen LogP contribution < -0.4 is 5.32 Å². The number of benzene rings is 2. The number of hydrogen-bond acceptors (Lipinski definition) is 4. The molecule has 0 radical (unpaired) electrons. The number of aryl methyl sites for hydroxylation is 1. The van der Waals surface area contributed by atoms with Gasteiger partial charge in [-0.3, -0.25) is 4.79 Å². The Labute approximate surface area is 182 Å². The van der Waals surface area contributed by atoms with E-state index in [-0.39, 0.29) is 10.8 Å². The quantitative estimate of drug-likeness (QED) is 0.568. The van der Waals surface area contributed by atoms with Gasteiger partial charge in [0, 0.05) is 30.3 Å². The second kappa shape index (κ2) is 8.43. The molecule has 1 heterocycles. The van der Waals surface area contributed by atoms with E-state index < -0.39 is 10.0 Å². The molecule has 1 aliphatic rings. The molecule has 4 rings (SSSR count). The van der Waals surface area contributed by atoms with E-state index in [0.717, 1.165) is 29.7 Å². The third-order valence-corrected chi connectivity index (χ3v) is 8.09. The molecule has 3 aromatic rings. The van der Waals surface area contributed by atoms with Crippen molar-refractivity contribution in [2.45, 2.75) is 50.8 Å². The highest BCUT2D eigenvalue weighted by Crippen LogP contribution is 2.35. The Morgan fingerprint density at radius 3 is 2.55 bits per heavy atom. The smallest absolute Gasteiger partial charge is 0.255 e. The zero-order chi connectivity index (χ0) is 22.2. The molecular formula is C23H28N4O3S. The van der Waals surface area contributed by atoms with Crippen molar-refractivity contribution >= 4 is 32.7 Å². The number of fused-ring (bicyclic) bond motifs is 1. The van der Waals surface area contributed by atoms with Gasteiger partial charge >= 0.3 is 0 Å². The van der Waals surface area contributed by atoms with Crippen molar-refractivity contribution in [1.82, 2.24) is 14.3 Å². The van der Waals surface area contributed by atoms with Gasteiger partial charge in [-0.1, -0.05) is 26.3 Å². The number of aromatic amines is 1. The van der Waals surface area contributed by atoms with Crippen LogP contribution in [0.1, 0.15) is 60.8 Å². The second-order valence-electron chi connectivity index (χ2n) is 8.00. The van der Waals surface area contributed by atoms with Crippen LogP contribution in [0.2, 0.25) is 0 Å². The lowest BCUT2D eigenvalue weighted by molar-refractivity contribution is 0.102. The predicted octanol–water partition coefficient (Wildman–Crippen LogP) is 4.42. The second-order valence-corrected chi connectivity index (χ2v) is 9.94. The maximum atomic E-state index is 13.0. The minimum atomic E-state index is -3.64. The topological polar surface area (TPSA) is 95.2 Å². The number of imidazole rings is 1. The van der Waals surface area contributed by atoms with E-state index >= 15 is 0 Å². The molecule has 8 heteroatoms. The molecule has 2 aromatic carbocycles. The third kappa shape index (κ3) is 4.09. The predicted molar refractivity (Wildman–Crippen MR) is 122 cm³/mol. The molecule has 0 aliphatic heterocycles. The minimum Gasteiger partial charge on any atom is -0.342 e. The van der Waals surface area contributed by atoms with Crippen LogP contribution in [-0.2, 0) is 10.0 Å². The van der Waals surface area contributed by atoms with Crippen molar-refractivity contribution < 1.29 is 13.2 Å². The van der Waals surface area contributed by atoms with Crippen LogP contribution in [0.5, 0.6) is 0 Å². The summed E-state index contributed by atoms with van der Waals surface area (Å²) in [6, 6.07) is 10.3. The summed E-state index contributed by atoms with van der Waals surface area (Å²) in [5.74, 6) is 1.17. The van der Waals surface area contributed by atoms with E-state index in [9.17, 15) is 13.2 Å².